The lowest BCUT2D eigenvalue weighted by Gasteiger charge is -2.12. The van der Waals surface area contributed by atoms with E-state index in [0.717, 1.165) is 30.8 Å². The molecule has 2 heterocycles. The summed E-state index contributed by atoms with van der Waals surface area (Å²) < 4.78 is 67.4. The van der Waals surface area contributed by atoms with Crippen molar-refractivity contribution in [3.8, 4) is 11.5 Å². The molecule has 32 heavy (non-hydrogen) atoms. The summed E-state index contributed by atoms with van der Waals surface area (Å²) in [7, 11) is -3.97. The lowest BCUT2D eigenvalue weighted by atomic mass is 10.1. The van der Waals surface area contributed by atoms with Crippen LogP contribution in [0.2, 0.25) is 0 Å². The Morgan fingerprint density at radius 2 is 1.94 bits per heavy atom. The molecule has 1 aliphatic carbocycles. The number of nitrogen functional groups attached to an aromatic ring is 1. The van der Waals surface area contributed by atoms with Gasteiger partial charge in [-0.05, 0) is 37.3 Å². The van der Waals surface area contributed by atoms with Gasteiger partial charge < -0.3 is 10.3 Å². The summed E-state index contributed by atoms with van der Waals surface area (Å²) in [5.41, 5.74) is 8.56. The number of sulfonamides is 1. The molecule has 4 rings (SSSR count). The predicted octanol–water partition coefficient (Wildman–Crippen LogP) is 3.53. The molecule has 1 aliphatic rings. The molecule has 0 aliphatic heterocycles. The third-order valence-electron chi connectivity index (χ3n) is 5.43. The Morgan fingerprint density at radius 1 is 1.25 bits per heavy atom. The third kappa shape index (κ3) is 4.58. The minimum Gasteiger partial charge on any atom is -0.396 e. The van der Waals surface area contributed by atoms with Gasteiger partial charge in [0.1, 0.15) is 17.3 Å². The van der Waals surface area contributed by atoms with Crippen LogP contribution in [0.15, 0.2) is 35.5 Å². The first-order valence-corrected chi connectivity index (χ1v) is 11.8. The van der Waals surface area contributed by atoms with Crippen molar-refractivity contribution < 1.29 is 21.6 Å². The monoisotopic (exact) mass is 467 g/mol. The maximum absolute atomic E-state index is 12.9. The number of benzene rings is 1. The molecule has 2 aromatic heterocycles. The number of anilines is 1. The van der Waals surface area contributed by atoms with Crippen LogP contribution in [0.25, 0.3) is 22.4 Å². The van der Waals surface area contributed by atoms with E-state index in [1.54, 1.807) is 18.2 Å². The number of hydrogen-bond donors (Lipinski definition) is 2. The second-order valence-corrected chi connectivity index (χ2v) is 9.90. The second kappa shape index (κ2) is 8.70. The number of hydrogen-bond acceptors (Lipinski definition) is 5. The molecule has 0 radical (unpaired) electrons. The zero-order valence-corrected chi connectivity index (χ0v) is 18.2. The number of alkyl halides is 3. The molecule has 1 aromatic carbocycles. The maximum atomic E-state index is 12.9. The van der Waals surface area contributed by atoms with E-state index in [9.17, 15) is 21.6 Å². The Morgan fingerprint density at radius 3 is 2.53 bits per heavy atom. The van der Waals surface area contributed by atoms with E-state index in [1.165, 1.54) is 6.92 Å². The number of fused-ring (bicyclic) bond motifs is 1. The molecule has 3 N–H and O–H groups in total. The summed E-state index contributed by atoms with van der Waals surface area (Å²) in [6.07, 6.45) is 1.61. The molecular formula is C21H24F3N5O2S. The molecule has 0 saturated heterocycles. The van der Waals surface area contributed by atoms with E-state index in [4.69, 9.17) is 5.73 Å². The molecule has 0 amide bonds. The molecule has 0 unspecified atom stereocenters. The van der Waals surface area contributed by atoms with Gasteiger partial charge in [0.15, 0.2) is 5.82 Å². The van der Waals surface area contributed by atoms with Gasteiger partial charge in [0.2, 0.25) is 16.4 Å². The van der Waals surface area contributed by atoms with E-state index in [0.29, 0.717) is 34.8 Å². The average Bonchev–Trinajstić information content (AvgIpc) is 3.52. The molecule has 1 atom stereocenters. The number of aromatic nitrogens is 3. The lowest BCUT2D eigenvalue weighted by Crippen LogP contribution is -2.34. The van der Waals surface area contributed by atoms with Gasteiger partial charge in [-0.15, -0.1) is 0 Å². The zero-order valence-electron chi connectivity index (χ0n) is 17.4. The third-order valence-corrected chi connectivity index (χ3v) is 6.98. The number of nitrogens with zero attached hydrogens (tertiary/aromatic N) is 3. The van der Waals surface area contributed by atoms with Gasteiger partial charge in [-0.1, -0.05) is 12.1 Å². The average molecular weight is 468 g/mol. The topological polar surface area (TPSA) is 103 Å². The van der Waals surface area contributed by atoms with Gasteiger partial charge in [-0.25, -0.2) is 36.3 Å². The molecule has 1 fully saturated rings. The lowest BCUT2D eigenvalue weighted by molar-refractivity contribution is 0.149. The van der Waals surface area contributed by atoms with Crippen LogP contribution in [0, 0.1) is 5.92 Å². The van der Waals surface area contributed by atoms with E-state index in [-0.39, 0.29) is 17.1 Å². The van der Waals surface area contributed by atoms with Gasteiger partial charge in [-0.3, -0.25) is 0 Å². The van der Waals surface area contributed by atoms with Crippen molar-refractivity contribution in [3.05, 3.63) is 36.2 Å². The molecule has 11 heteroatoms. The summed E-state index contributed by atoms with van der Waals surface area (Å²) in [5, 5.41) is 0.706. The standard InChI is InChI=1S/C21H24F3N5O2S/c1-12(8-22)28-32(30,31)15-9-26-21(27-10-15)20-19(25)16-5-4-14(7-18(23)24)6-17(16)29(20)11-13-2-3-13/h4-6,9-10,12-13,18,28H,2-3,7-8,11,25H2,1H3/t12-/m0/s1. The first kappa shape index (κ1) is 22.5. The van der Waals surface area contributed by atoms with Gasteiger partial charge >= 0.3 is 0 Å². The van der Waals surface area contributed by atoms with Crippen molar-refractivity contribution in [1.82, 2.24) is 19.3 Å². The fourth-order valence-electron chi connectivity index (χ4n) is 3.66. The normalized spacial score (nSPS) is 15.5. The second-order valence-electron chi connectivity index (χ2n) is 8.18. The molecular weight excluding hydrogens is 443 g/mol. The summed E-state index contributed by atoms with van der Waals surface area (Å²) in [6, 6.07) is 4.18. The van der Waals surface area contributed by atoms with E-state index in [2.05, 4.69) is 14.7 Å². The van der Waals surface area contributed by atoms with Crippen molar-refractivity contribution >= 4 is 26.6 Å². The smallest absolute Gasteiger partial charge is 0.243 e. The summed E-state index contributed by atoms with van der Waals surface area (Å²) in [6.45, 7) is 1.20. The van der Waals surface area contributed by atoms with Crippen LogP contribution in [0.1, 0.15) is 25.3 Å². The number of rotatable bonds is 9. The fraction of sp³-hybridized carbons (Fsp3) is 0.429. The Balaban J connectivity index is 1.77. The number of nitrogens with one attached hydrogen (secondary N) is 1. The van der Waals surface area contributed by atoms with Gasteiger partial charge in [0.25, 0.3) is 0 Å². The van der Waals surface area contributed by atoms with Crippen LogP contribution in [0.3, 0.4) is 0 Å². The Bertz CT molecular complexity index is 1220. The molecule has 0 bridgehead atoms. The van der Waals surface area contributed by atoms with E-state index < -0.39 is 29.2 Å². The summed E-state index contributed by atoms with van der Waals surface area (Å²) >= 11 is 0. The minimum absolute atomic E-state index is 0.191. The Hall–Kier alpha value is -2.66. The van der Waals surface area contributed by atoms with Crippen molar-refractivity contribution in [2.24, 2.45) is 5.92 Å². The van der Waals surface area contributed by atoms with Crippen molar-refractivity contribution in [1.29, 1.82) is 0 Å². The van der Waals surface area contributed by atoms with Gasteiger partial charge in [0.05, 0.1) is 23.6 Å². The fourth-order valence-corrected chi connectivity index (χ4v) is 4.77. The van der Waals surface area contributed by atoms with Crippen molar-refractivity contribution in [2.45, 2.75) is 50.1 Å². The Labute approximate surface area is 183 Å². The van der Waals surface area contributed by atoms with E-state index >= 15 is 0 Å². The number of halogens is 3. The molecule has 1 saturated carbocycles. The highest BCUT2D eigenvalue weighted by Crippen LogP contribution is 2.39. The SMILES string of the molecule is C[C@@H](CF)NS(=O)(=O)c1cnc(-c2c(N)c3ccc(CC(F)F)cc3n2CC2CC2)nc1. The first-order chi connectivity index (χ1) is 15.2. The summed E-state index contributed by atoms with van der Waals surface area (Å²) in [4.78, 5) is 8.25. The molecule has 3 aromatic rings. The minimum atomic E-state index is -3.97. The molecule has 7 nitrogen and oxygen atoms in total. The highest BCUT2D eigenvalue weighted by Gasteiger charge is 2.27. The van der Waals surface area contributed by atoms with Crippen LogP contribution in [0.4, 0.5) is 18.9 Å². The van der Waals surface area contributed by atoms with Gasteiger partial charge in [-0.2, -0.15) is 0 Å². The largest absolute Gasteiger partial charge is 0.396 e. The van der Waals surface area contributed by atoms with Crippen molar-refractivity contribution in [2.75, 3.05) is 12.4 Å². The molecule has 172 valence electrons. The first-order valence-electron chi connectivity index (χ1n) is 10.3. The maximum Gasteiger partial charge on any atom is 0.243 e. The van der Waals surface area contributed by atoms with Crippen LogP contribution >= 0.6 is 0 Å². The van der Waals surface area contributed by atoms with Crippen LogP contribution < -0.4 is 10.5 Å². The molecule has 0 spiro atoms. The van der Waals surface area contributed by atoms with Crippen LogP contribution in [0.5, 0.6) is 0 Å². The predicted molar refractivity (Wildman–Crippen MR) is 116 cm³/mol. The van der Waals surface area contributed by atoms with Crippen LogP contribution in [-0.4, -0.2) is 42.1 Å². The van der Waals surface area contributed by atoms with Crippen molar-refractivity contribution in [3.63, 3.8) is 0 Å². The van der Waals surface area contributed by atoms with Gasteiger partial charge in [0, 0.05) is 24.4 Å². The number of nitrogens with two attached hydrogens (primary N) is 1. The quantitative estimate of drug-likeness (QED) is 0.501. The highest BCUT2D eigenvalue weighted by atomic mass is 32.2. The highest BCUT2D eigenvalue weighted by molar-refractivity contribution is 7.89. The zero-order chi connectivity index (χ0) is 23.0. The summed E-state index contributed by atoms with van der Waals surface area (Å²) in [5.74, 6) is 0.681. The van der Waals surface area contributed by atoms with Crippen LogP contribution in [-0.2, 0) is 23.0 Å². The van der Waals surface area contributed by atoms with E-state index in [1.807, 2.05) is 4.57 Å². The Kier molecular flexibility index (Phi) is 6.13.